The number of hydrogen-bond acceptors (Lipinski definition) is 4. The van der Waals surface area contributed by atoms with Crippen LogP contribution in [0.2, 0.25) is 0 Å². The van der Waals surface area contributed by atoms with Crippen LogP contribution < -0.4 is 4.74 Å². The fraction of sp³-hybridized carbons (Fsp3) is 0.500. The van der Waals surface area contributed by atoms with Crippen LogP contribution >= 0.6 is 0 Å². The Hall–Kier alpha value is -2.50. The number of ether oxygens (including phenoxy) is 2. The summed E-state index contributed by atoms with van der Waals surface area (Å²) in [6.07, 6.45) is 5.50. The number of aromatic amines is 1. The van der Waals surface area contributed by atoms with Crippen molar-refractivity contribution in [1.29, 1.82) is 0 Å². The van der Waals surface area contributed by atoms with Crippen molar-refractivity contribution < 1.29 is 14.6 Å². The molecule has 2 fully saturated rings. The first-order valence-electron chi connectivity index (χ1n) is 12.5. The van der Waals surface area contributed by atoms with E-state index in [1.807, 2.05) is 13.2 Å². The second-order valence-corrected chi connectivity index (χ2v) is 11.2. The van der Waals surface area contributed by atoms with Crippen LogP contribution in [0.3, 0.4) is 0 Å². The van der Waals surface area contributed by atoms with Crippen molar-refractivity contribution in [2.24, 2.45) is 5.92 Å². The molecule has 3 aliphatic carbocycles. The van der Waals surface area contributed by atoms with Gasteiger partial charge >= 0.3 is 0 Å². The maximum atomic E-state index is 11.0. The fourth-order valence-corrected chi connectivity index (χ4v) is 8.44. The quantitative estimate of drug-likeness (QED) is 0.631. The van der Waals surface area contributed by atoms with Crippen LogP contribution in [0.5, 0.6) is 11.5 Å². The van der Waals surface area contributed by atoms with Crippen molar-refractivity contribution in [2.75, 3.05) is 20.2 Å². The lowest BCUT2D eigenvalue weighted by Gasteiger charge is -2.66. The number of aromatic hydroxyl groups is 1. The van der Waals surface area contributed by atoms with Gasteiger partial charge in [0.15, 0.2) is 17.1 Å². The molecule has 8 rings (SSSR count). The van der Waals surface area contributed by atoms with Crippen molar-refractivity contribution in [1.82, 2.24) is 9.88 Å². The van der Waals surface area contributed by atoms with Crippen LogP contribution in [-0.4, -0.2) is 46.8 Å². The van der Waals surface area contributed by atoms with Gasteiger partial charge in [-0.25, -0.2) is 0 Å². The third-order valence-corrected chi connectivity index (χ3v) is 9.94. The van der Waals surface area contributed by atoms with Gasteiger partial charge in [0, 0.05) is 42.6 Å². The summed E-state index contributed by atoms with van der Waals surface area (Å²) < 4.78 is 13.7. The van der Waals surface area contributed by atoms with E-state index in [9.17, 15) is 5.11 Å². The van der Waals surface area contributed by atoms with Gasteiger partial charge in [0.05, 0.1) is 11.1 Å². The Morgan fingerprint density at radius 3 is 2.88 bits per heavy atom. The predicted molar refractivity (Wildman–Crippen MR) is 126 cm³/mol. The number of para-hydroxylation sites is 1. The highest BCUT2D eigenvalue weighted by Gasteiger charge is 2.78. The summed E-state index contributed by atoms with van der Waals surface area (Å²) in [5.74, 6) is 1.76. The van der Waals surface area contributed by atoms with E-state index in [1.54, 1.807) is 0 Å². The summed E-state index contributed by atoms with van der Waals surface area (Å²) in [7, 11) is 1.92. The molecule has 2 aromatic carbocycles. The lowest BCUT2D eigenvalue weighted by molar-refractivity contribution is -0.214. The summed E-state index contributed by atoms with van der Waals surface area (Å²) in [6.45, 7) is 4.47. The molecule has 2 bridgehead atoms. The Labute approximate surface area is 193 Å². The Morgan fingerprint density at radius 1 is 1.21 bits per heavy atom. The monoisotopic (exact) mass is 442 g/mol. The molecule has 1 saturated carbocycles. The van der Waals surface area contributed by atoms with Gasteiger partial charge in [-0.2, -0.15) is 0 Å². The molecule has 1 aromatic heterocycles. The molecular formula is C28H30N2O3. The zero-order valence-corrected chi connectivity index (χ0v) is 19.3. The second-order valence-electron chi connectivity index (χ2n) is 11.2. The van der Waals surface area contributed by atoms with Crippen molar-refractivity contribution in [3.63, 3.8) is 0 Å². The molecule has 5 heteroatoms. The lowest BCUT2D eigenvalue weighted by Crippen LogP contribution is -2.78. The minimum Gasteiger partial charge on any atom is -0.504 e. The highest BCUT2D eigenvalue weighted by Crippen LogP contribution is 2.72. The van der Waals surface area contributed by atoms with Crippen LogP contribution in [0, 0.1) is 5.92 Å². The number of methoxy groups -OCH3 is 1. The van der Waals surface area contributed by atoms with Crippen molar-refractivity contribution in [2.45, 2.75) is 61.7 Å². The molecule has 0 radical (unpaired) electrons. The molecule has 4 atom stereocenters. The zero-order valence-electron chi connectivity index (χ0n) is 19.3. The van der Waals surface area contributed by atoms with Crippen LogP contribution in [-0.2, 0) is 28.6 Å². The minimum atomic E-state index is -0.629. The average molecular weight is 443 g/mol. The highest BCUT2D eigenvalue weighted by molar-refractivity contribution is 5.86. The summed E-state index contributed by atoms with van der Waals surface area (Å²) >= 11 is 0. The van der Waals surface area contributed by atoms with E-state index in [2.05, 4.69) is 47.1 Å². The number of piperidine rings is 1. The molecular weight excluding hydrogens is 412 g/mol. The highest BCUT2D eigenvalue weighted by atomic mass is 16.5. The van der Waals surface area contributed by atoms with E-state index in [-0.39, 0.29) is 11.2 Å². The van der Waals surface area contributed by atoms with Gasteiger partial charge < -0.3 is 19.6 Å². The SMILES string of the molecule is CO[C@@]12Cc3c([nH]c4ccccc34)[C@]3(C)Oc4c(O)ccc5c4[C@@]31CCN(CC1CC1)[C@@H]2C5. The molecule has 1 spiro atoms. The molecule has 5 nitrogen and oxygen atoms in total. The molecule has 0 unspecified atom stereocenters. The Kier molecular flexibility index (Phi) is 3.29. The molecule has 0 amide bonds. The van der Waals surface area contributed by atoms with Crippen LogP contribution in [0.4, 0.5) is 0 Å². The second kappa shape index (κ2) is 5.76. The molecule has 33 heavy (non-hydrogen) atoms. The number of benzene rings is 2. The van der Waals surface area contributed by atoms with Gasteiger partial charge in [0.1, 0.15) is 5.60 Å². The normalized spacial score (nSPS) is 35.9. The van der Waals surface area contributed by atoms with E-state index in [1.165, 1.54) is 41.5 Å². The van der Waals surface area contributed by atoms with Crippen LogP contribution in [0.25, 0.3) is 10.9 Å². The third kappa shape index (κ3) is 1.93. The number of rotatable bonds is 3. The molecule has 5 aliphatic rings. The van der Waals surface area contributed by atoms with Crippen molar-refractivity contribution >= 4 is 10.9 Å². The summed E-state index contributed by atoms with van der Waals surface area (Å²) in [4.78, 5) is 6.50. The molecule has 3 heterocycles. The maximum Gasteiger partial charge on any atom is 0.166 e. The van der Waals surface area contributed by atoms with E-state index >= 15 is 0 Å². The van der Waals surface area contributed by atoms with E-state index in [0.29, 0.717) is 11.8 Å². The number of hydrogen-bond donors (Lipinski definition) is 2. The number of phenols is 1. The van der Waals surface area contributed by atoms with Crippen molar-refractivity contribution in [3.8, 4) is 11.5 Å². The first-order chi connectivity index (χ1) is 16.0. The molecule has 2 N–H and O–H groups in total. The number of phenolic OH excluding ortho intramolecular Hbond substituents is 1. The molecule has 3 aromatic rings. The number of likely N-dealkylation sites (tertiary alicyclic amines) is 1. The Morgan fingerprint density at radius 2 is 2.06 bits per heavy atom. The topological polar surface area (TPSA) is 57.7 Å². The molecule has 2 aliphatic heterocycles. The first-order valence-corrected chi connectivity index (χ1v) is 12.5. The number of H-pyrrole nitrogens is 1. The minimum absolute atomic E-state index is 0.250. The standard InChI is InChI=1S/C28H30N2O3/c1-26-25-19(18-5-3-4-6-20(18)29-25)14-28(32-2)22-13-17-9-10-21(31)24(33-26)23(17)27(26,28)11-12-30(22)15-16-7-8-16/h3-6,9-10,16,22,29,31H,7-8,11-15H2,1-2H3/t22-,26+,27+,28-/m1/s1. The fourth-order valence-electron chi connectivity index (χ4n) is 8.44. The first kappa shape index (κ1) is 18.9. The number of aromatic nitrogens is 1. The van der Waals surface area contributed by atoms with Gasteiger partial charge in [-0.3, -0.25) is 4.90 Å². The molecule has 1 saturated heterocycles. The van der Waals surface area contributed by atoms with E-state index in [4.69, 9.17) is 9.47 Å². The van der Waals surface area contributed by atoms with Crippen molar-refractivity contribution in [3.05, 3.63) is 58.8 Å². The van der Waals surface area contributed by atoms with E-state index in [0.717, 1.165) is 42.9 Å². The Balaban J connectivity index is 1.47. The maximum absolute atomic E-state index is 11.0. The lowest BCUT2D eigenvalue weighted by atomic mass is 9.45. The van der Waals surface area contributed by atoms with Crippen LogP contribution in [0.15, 0.2) is 36.4 Å². The van der Waals surface area contributed by atoms with Crippen LogP contribution in [0.1, 0.15) is 48.6 Å². The van der Waals surface area contributed by atoms with Gasteiger partial charge in [-0.05, 0) is 68.3 Å². The molecule has 170 valence electrons. The number of nitrogens with zero attached hydrogens (tertiary/aromatic N) is 1. The zero-order chi connectivity index (χ0) is 22.2. The number of nitrogens with one attached hydrogen (secondary N) is 1. The number of fused-ring (bicyclic) bond motifs is 4. The van der Waals surface area contributed by atoms with Gasteiger partial charge in [-0.15, -0.1) is 0 Å². The Bertz CT molecular complexity index is 1340. The van der Waals surface area contributed by atoms with Gasteiger partial charge in [0.2, 0.25) is 0 Å². The van der Waals surface area contributed by atoms with E-state index < -0.39 is 11.2 Å². The third-order valence-electron chi connectivity index (χ3n) is 9.94. The van der Waals surface area contributed by atoms with Gasteiger partial charge in [0.25, 0.3) is 0 Å². The van der Waals surface area contributed by atoms with Gasteiger partial charge in [-0.1, -0.05) is 24.3 Å². The summed E-state index contributed by atoms with van der Waals surface area (Å²) in [5.41, 5.74) is 4.79. The average Bonchev–Trinajstić information content (AvgIpc) is 3.49. The predicted octanol–water partition coefficient (Wildman–Crippen LogP) is 4.40. The smallest absolute Gasteiger partial charge is 0.166 e. The summed E-state index contributed by atoms with van der Waals surface area (Å²) in [5, 5.41) is 12.2. The summed E-state index contributed by atoms with van der Waals surface area (Å²) in [6, 6.07) is 12.9. The largest absolute Gasteiger partial charge is 0.504 e.